The van der Waals surface area contributed by atoms with Gasteiger partial charge in [0.2, 0.25) is 5.91 Å². The number of nitrogens with zero attached hydrogens (tertiary/aromatic N) is 1. The number of thiazole rings is 1. The van der Waals surface area contributed by atoms with Crippen molar-refractivity contribution < 1.29 is 4.79 Å². The Balaban J connectivity index is 0.00000208. The third-order valence-electron chi connectivity index (χ3n) is 4.08. The molecule has 0 bridgehead atoms. The second-order valence-corrected chi connectivity index (χ2v) is 7.45. The molecule has 2 aromatic rings. The van der Waals surface area contributed by atoms with Crippen LogP contribution in [0, 0.1) is 5.92 Å². The molecule has 0 aliphatic carbocycles. The van der Waals surface area contributed by atoms with Gasteiger partial charge in [0.25, 0.3) is 0 Å². The van der Waals surface area contributed by atoms with E-state index in [1.165, 1.54) is 22.7 Å². The quantitative estimate of drug-likeness (QED) is 0.731. The fraction of sp³-hybridized carbons (Fsp3) is 0.412. The molecule has 3 rings (SSSR count). The number of benzene rings is 1. The fourth-order valence-corrected chi connectivity index (χ4v) is 3.85. The van der Waals surface area contributed by atoms with E-state index in [9.17, 15) is 4.79 Å². The molecule has 0 radical (unpaired) electrons. The van der Waals surface area contributed by atoms with Gasteiger partial charge in [0.15, 0.2) is 5.13 Å². The average Bonchev–Trinajstić information content (AvgIpc) is 3.25. The van der Waals surface area contributed by atoms with Crippen LogP contribution in [0.4, 0.5) is 5.13 Å². The topological polar surface area (TPSA) is 54.0 Å². The Hall–Kier alpha value is -1.08. The van der Waals surface area contributed by atoms with Gasteiger partial charge in [0, 0.05) is 22.3 Å². The van der Waals surface area contributed by atoms with Gasteiger partial charge in [0.05, 0.1) is 5.69 Å². The molecule has 130 valence electrons. The summed E-state index contributed by atoms with van der Waals surface area (Å²) in [4.78, 5) is 17.8. The van der Waals surface area contributed by atoms with Crippen LogP contribution in [0.25, 0.3) is 11.3 Å². The molecule has 24 heavy (non-hydrogen) atoms. The molecule has 1 saturated heterocycles. The first-order valence-electron chi connectivity index (χ1n) is 7.85. The van der Waals surface area contributed by atoms with E-state index < -0.39 is 0 Å². The second-order valence-electron chi connectivity index (χ2n) is 5.71. The highest BCUT2D eigenvalue weighted by Gasteiger charge is 2.16. The van der Waals surface area contributed by atoms with Crippen molar-refractivity contribution in [3.05, 3.63) is 29.6 Å². The molecule has 1 aromatic carbocycles. The Labute approximate surface area is 157 Å². The summed E-state index contributed by atoms with van der Waals surface area (Å²) in [6, 6.07) is 8.32. The van der Waals surface area contributed by atoms with E-state index in [4.69, 9.17) is 0 Å². The zero-order chi connectivity index (χ0) is 16.1. The van der Waals surface area contributed by atoms with Crippen molar-refractivity contribution in [1.29, 1.82) is 0 Å². The number of amides is 1. The van der Waals surface area contributed by atoms with Crippen LogP contribution < -0.4 is 10.6 Å². The van der Waals surface area contributed by atoms with E-state index in [0.29, 0.717) is 17.5 Å². The number of rotatable bonds is 6. The van der Waals surface area contributed by atoms with Gasteiger partial charge in [0.1, 0.15) is 0 Å². The molecule has 1 aromatic heterocycles. The predicted octanol–water partition coefficient (Wildman–Crippen LogP) is 4.28. The van der Waals surface area contributed by atoms with Crippen LogP contribution in [0.5, 0.6) is 0 Å². The SMILES string of the molecule is CSc1ccc(-c2csc(NC(=O)CCC3CCNC3)n2)cc1.Cl. The lowest BCUT2D eigenvalue weighted by Crippen LogP contribution is -2.14. The van der Waals surface area contributed by atoms with Crippen molar-refractivity contribution >= 4 is 46.5 Å². The summed E-state index contributed by atoms with van der Waals surface area (Å²) in [6.45, 7) is 2.12. The van der Waals surface area contributed by atoms with Crippen LogP contribution in [0.15, 0.2) is 34.5 Å². The maximum Gasteiger partial charge on any atom is 0.226 e. The monoisotopic (exact) mass is 383 g/mol. The number of aromatic nitrogens is 1. The summed E-state index contributed by atoms with van der Waals surface area (Å²) in [5, 5.41) is 8.93. The molecule has 0 saturated carbocycles. The normalized spacial score (nSPS) is 16.6. The van der Waals surface area contributed by atoms with Crippen LogP contribution in [-0.4, -0.2) is 30.2 Å². The van der Waals surface area contributed by atoms with Crippen molar-refractivity contribution in [2.75, 3.05) is 24.7 Å². The van der Waals surface area contributed by atoms with Gasteiger partial charge in [-0.25, -0.2) is 4.98 Å². The molecule has 2 heterocycles. The molecule has 1 unspecified atom stereocenters. The number of carbonyl (C=O) groups excluding carboxylic acids is 1. The van der Waals surface area contributed by atoms with Crippen molar-refractivity contribution in [2.45, 2.75) is 24.2 Å². The van der Waals surface area contributed by atoms with Gasteiger partial charge in [-0.3, -0.25) is 4.79 Å². The fourth-order valence-electron chi connectivity index (χ4n) is 2.70. The predicted molar refractivity (Wildman–Crippen MR) is 105 cm³/mol. The zero-order valence-electron chi connectivity index (χ0n) is 13.6. The smallest absolute Gasteiger partial charge is 0.226 e. The number of hydrogen-bond donors (Lipinski definition) is 2. The van der Waals surface area contributed by atoms with Crippen LogP contribution in [-0.2, 0) is 4.79 Å². The maximum absolute atomic E-state index is 12.0. The Kier molecular flexibility index (Phi) is 7.55. The zero-order valence-corrected chi connectivity index (χ0v) is 16.0. The first kappa shape index (κ1) is 19.2. The number of hydrogen-bond acceptors (Lipinski definition) is 5. The molecule has 1 amide bonds. The minimum absolute atomic E-state index is 0. The molecule has 2 N–H and O–H groups in total. The van der Waals surface area contributed by atoms with Crippen molar-refractivity contribution in [1.82, 2.24) is 10.3 Å². The highest BCUT2D eigenvalue weighted by Crippen LogP contribution is 2.27. The third-order valence-corrected chi connectivity index (χ3v) is 5.58. The molecule has 1 fully saturated rings. The summed E-state index contributed by atoms with van der Waals surface area (Å²) < 4.78 is 0. The summed E-state index contributed by atoms with van der Waals surface area (Å²) >= 11 is 3.20. The largest absolute Gasteiger partial charge is 0.316 e. The number of carbonyl (C=O) groups is 1. The van der Waals surface area contributed by atoms with E-state index in [0.717, 1.165) is 30.8 Å². The van der Waals surface area contributed by atoms with Gasteiger partial charge < -0.3 is 10.6 Å². The van der Waals surface area contributed by atoms with Gasteiger partial charge in [-0.2, -0.15) is 0 Å². The highest BCUT2D eigenvalue weighted by atomic mass is 35.5. The Bertz CT molecular complexity index is 654. The van der Waals surface area contributed by atoms with Crippen LogP contribution in [0.3, 0.4) is 0 Å². The third kappa shape index (κ3) is 5.21. The molecule has 1 aliphatic heterocycles. The Morgan fingerprint density at radius 1 is 1.42 bits per heavy atom. The molecular weight excluding hydrogens is 362 g/mol. The minimum Gasteiger partial charge on any atom is -0.316 e. The first-order chi connectivity index (χ1) is 11.2. The first-order valence-corrected chi connectivity index (χ1v) is 9.95. The highest BCUT2D eigenvalue weighted by molar-refractivity contribution is 7.98. The molecule has 1 aliphatic rings. The van der Waals surface area contributed by atoms with E-state index >= 15 is 0 Å². The molecular formula is C17H22ClN3OS2. The lowest BCUT2D eigenvalue weighted by Gasteiger charge is -2.07. The summed E-state index contributed by atoms with van der Waals surface area (Å²) in [7, 11) is 0. The minimum atomic E-state index is 0. The van der Waals surface area contributed by atoms with Gasteiger partial charge in [-0.1, -0.05) is 12.1 Å². The van der Waals surface area contributed by atoms with E-state index in [1.54, 1.807) is 11.8 Å². The van der Waals surface area contributed by atoms with E-state index in [-0.39, 0.29) is 18.3 Å². The Morgan fingerprint density at radius 2 is 2.21 bits per heavy atom. The lowest BCUT2D eigenvalue weighted by atomic mass is 10.0. The van der Waals surface area contributed by atoms with Crippen LogP contribution in [0.2, 0.25) is 0 Å². The number of thioether (sulfide) groups is 1. The maximum atomic E-state index is 12.0. The van der Waals surface area contributed by atoms with E-state index in [2.05, 4.69) is 46.1 Å². The van der Waals surface area contributed by atoms with Crippen LogP contribution >= 0.6 is 35.5 Å². The molecule has 7 heteroatoms. The number of halogens is 1. The molecule has 4 nitrogen and oxygen atoms in total. The van der Waals surface area contributed by atoms with Gasteiger partial charge >= 0.3 is 0 Å². The Morgan fingerprint density at radius 3 is 2.88 bits per heavy atom. The van der Waals surface area contributed by atoms with Crippen LogP contribution in [0.1, 0.15) is 19.3 Å². The average molecular weight is 384 g/mol. The standard InChI is InChI=1S/C17H21N3OS2.ClH/c1-22-14-5-3-13(4-6-14)15-11-23-17(19-15)20-16(21)7-2-12-8-9-18-10-12;/h3-6,11-12,18H,2,7-10H2,1H3,(H,19,20,21);1H. The van der Waals surface area contributed by atoms with Gasteiger partial charge in [-0.05, 0) is 50.2 Å². The summed E-state index contributed by atoms with van der Waals surface area (Å²) in [5.41, 5.74) is 1.99. The summed E-state index contributed by atoms with van der Waals surface area (Å²) in [6.07, 6.45) is 4.77. The van der Waals surface area contributed by atoms with E-state index in [1.807, 2.05) is 5.38 Å². The van der Waals surface area contributed by atoms with Crippen molar-refractivity contribution in [3.63, 3.8) is 0 Å². The van der Waals surface area contributed by atoms with Crippen molar-refractivity contribution in [3.8, 4) is 11.3 Å². The van der Waals surface area contributed by atoms with Crippen molar-refractivity contribution in [2.24, 2.45) is 5.92 Å². The van der Waals surface area contributed by atoms with Gasteiger partial charge in [-0.15, -0.1) is 35.5 Å². The number of nitrogens with one attached hydrogen (secondary N) is 2. The number of anilines is 1. The molecule has 1 atom stereocenters. The summed E-state index contributed by atoms with van der Waals surface area (Å²) in [5.74, 6) is 0.707. The second kappa shape index (κ2) is 9.42. The lowest BCUT2D eigenvalue weighted by molar-refractivity contribution is -0.116. The molecule has 0 spiro atoms.